The van der Waals surface area contributed by atoms with Gasteiger partial charge in [-0.3, -0.25) is 14.7 Å². The highest BCUT2D eigenvalue weighted by Crippen LogP contribution is 2.27. The van der Waals surface area contributed by atoms with Crippen LogP contribution in [0, 0.1) is 11.3 Å². The molecule has 1 aromatic heterocycles. The number of anilines is 1. The van der Waals surface area contributed by atoms with Crippen molar-refractivity contribution in [3.63, 3.8) is 0 Å². The molecule has 152 valence electrons. The normalized spacial score (nSPS) is 23.3. The highest BCUT2D eigenvalue weighted by Gasteiger charge is 2.36. The SMILES string of the molecule is N#CC1C[C@H](F)CN1C(=O)CN1CCC(Nc2cccc3ncc(Cl)cc23)CC1. The van der Waals surface area contributed by atoms with Gasteiger partial charge in [0.1, 0.15) is 12.2 Å². The molecule has 4 rings (SSSR count). The molecule has 2 aliphatic rings. The van der Waals surface area contributed by atoms with Gasteiger partial charge in [0.15, 0.2) is 0 Å². The van der Waals surface area contributed by atoms with Gasteiger partial charge in [-0.15, -0.1) is 0 Å². The zero-order chi connectivity index (χ0) is 20.4. The Kier molecular flexibility index (Phi) is 5.84. The largest absolute Gasteiger partial charge is 0.382 e. The van der Waals surface area contributed by atoms with E-state index in [-0.39, 0.29) is 25.4 Å². The van der Waals surface area contributed by atoms with Crippen molar-refractivity contribution in [3.8, 4) is 6.07 Å². The van der Waals surface area contributed by atoms with E-state index in [1.807, 2.05) is 30.3 Å². The molecule has 1 N–H and O–H groups in total. The zero-order valence-corrected chi connectivity index (χ0v) is 16.8. The molecule has 2 aliphatic heterocycles. The van der Waals surface area contributed by atoms with Gasteiger partial charge in [0.05, 0.1) is 29.7 Å². The minimum absolute atomic E-state index is 0.0345. The second-order valence-corrected chi connectivity index (χ2v) is 8.18. The maximum Gasteiger partial charge on any atom is 0.237 e. The van der Waals surface area contributed by atoms with Crippen molar-refractivity contribution in [3.05, 3.63) is 35.5 Å². The van der Waals surface area contributed by atoms with Crippen molar-refractivity contribution in [2.45, 2.75) is 37.5 Å². The van der Waals surface area contributed by atoms with Crippen LogP contribution in [0.3, 0.4) is 0 Å². The molecule has 3 heterocycles. The third-order valence-corrected chi connectivity index (χ3v) is 5.92. The lowest BCUT2D eigenvalue weighted by molar-refractivity contribution is -0.132. The van der Waals surface area contributed by atoms with Gasteiger partial charge < -0.3 is 10.2 Å². The van der Waals surface area contributed by atoms with Gasteiger partial charge in [-0.1, -0.05) is 17.7 Å². The summed E-state index contributed by atoms with van der Waals surface area (Å²) in [5.74, 6) is -0.155. The van der Waals surface area contributed by atoms with Crippen LogP contribution in [0.15, 0.2) is 30.5 Å². The van der Waals surface area contributed by atoms with E-state index in [2.05, 4.69) is 15.2 Å². The highest BCUT2D eigenvalue weighted by molar-refractivity contribution is 6.31. The molecule has 2 fully saturated rings. The Morgan fingerprint density at radius 1 is 1.38 bits per heavy atom. The number of likely N-dealkylation sites (tertiary alicyclic amines) is 2. The van der Waals surface area contributed by atoms with Crippen LogP contribution in [0.5, 0.6) is 0 Å². The summed E-state index contributed by atoms with van der Waals surface area (Å²) in [6.45, 7) is 1.83. The summed E-state index contributed by atoms with van der Waals surface area (Å²) in [6.07, 6.45) is 2.46. The topological polar surface area (TPSA) is 72.3 Å². The average molecular weight is 416 g/mol. The van der Waals surface area contributed by atoms with E-state index >= 15 is 0 Å². The molecule has 0 bridgehead atoms. The van der Waals surface area contributed by atoms with E-state index < -0.39 is 12.2 Å². The van der Waals surface area contributed by atoms with Crippen LogP contribution < -0.4 is 5.32 Å². The van der Waals surface area contributed by atoms with E-state index in [4.69, 9.17) is 16.9 Å². The molecule has 0 aliphatic carbocycles. The first kappa shape index (κ1) is 19.9. The van der Waals surface area contributed by atoms with Gasteiger partial charge in [-0.2, -0.15) is 5.26 Å². The standard InChI is InChI=1S/C21H23ClFN5O/c22-14-8-18-19(25-11-14)2-1-3-20(18)26-16-4-6-27(7-5-16)13-21(29)28-12-15(23)9-17(28)10-24/h1-3,8,11,15-17,26H,4-7,9,12-13H2/t15-,17?/m0/s1. The van der Waals surface area contributed by atoms with Gasteiger partial charge in [0, 0.05) is 42.8 Å². The molecule has 1 amide bonds. The third kappa shape index (κ3) is 4.44. The Bertz CT molecular complexity index is 940. The molecule has 2 saturated heterocycles. The maximum atomic E-state index is 13.6. The van der Waals surface area contributed by atoms with Crippen molar-refractivity contribution >= 4 is 34.1 Å². The number of carbonyl (C=O) groups is 1. The zero-order valence-electron chi connectivity index (χ0n) is 16.0. The average Bonchev–Trinajstić information content (AvgIpc) is 3.11. The number of aromatic nitrogens is 1. The van der Waals surface area contributed by atoms with Gasteiger partial charge in [-0.25, -0.2) is 4.39 Å². The molecule has 0 spiro atoms. The van der Waals surface area contributed by atoms with E-state index in [0.29, 0.717) is 11.1 Å². The molecule has 0 radical (unpaired) electrons. The number of nitriles is 1. The van der Waals surface area contributed by atoms with Gasteiger partial charge in [-0.05, 0) is 31.0 Å². The van der Waals surface area contributed by atoms with E-state index in [1.54, 1.807) is 6.20 Å². The number of alkyl halides is 1. The van der Waals surface area contributed by atoms with Crippen molar-refractivity contribution < 1.29 is 9.18 Å². The smallest absolute Gasteiger partial charge is 0.237 e. The number of benzene rings is 1. The first-order valence-electron chi connectivity index (χ1n) is 9.90. The lowest BCUT2D eigenvalue weighted by atomic mass is 10.0. The lowest BCUT2D eigenvalue weighted by Gasteiger charge is -2.33. The van der Waals surface area contributed by atoms with Crippen LogP contribution in [0.1, 0.15) is 19.3 Å². The number of nitrogens with zero attached hydrogens (tertiary/aromatic N) is 4. The van der Waals surface area contributed by atoms with Crippen molar-refractivity contribution in [1.29, 1.82) is 5.26 Å². The fourth-order valence-electron chi connectivity index (χ4n) is 4.17. The van der Waals surface area contributed by atoms with Crippen LogP contribution in [-0.2, 0) is 4.79 Å². The summed E-state index contributed by atoms with van der Waals surface area (Å²) in [5, 5.41) is 14.3. The van der Waals surface area contributed by atoms with Crippen LogP contribution in [-0.4, -0.2) is 65.1 Å². The number of carbonyl (C=O) groups excluding carboxylic acids is 1. The Morgan fingerprint density at radius 3 is 2.93 bits per heavy atom. The Balaban J connectivity index is 1.33. The predicted molar refractivity (Wildman–Crippen MR) is 110 cm³/mol. The molecular formula is C21H23ClFN5O. The molecular weight excluding hydrogens is 393 g/mol. The van der Waals surface area contributed by atoms with Crippen molar-refractivity contribution in [2.24, 2.45) is 0 Å². The van der Waals surface area contributed by atoms with E-state index in [0.717, 1.165) is 42.5 Å². The number of rotatable bonds is 4. The van der Waals surface area contributed by atoms with E-state index in [9.17, 15) is 9.18 Å². The number of pyridine rings is 1. The summed E-state index contributed by atoms with van der Waals surface area (Å²) >= 11 is 6.11. The second kappa shape index (κ2) is 8.52. The number of nitrogens with one attached hydrogen (secondary N) is 1. The Labute approximate surface area is 174 Å². The summed E-state index contributed by atoms with van der Waals surface area (Å²) < 4.78 is 13.6. The fourth-order valence-corrected chi connectivity index (χ4v) is 4.33. The maximum absolute atomic E-state index is 13.6. The molecule has 0 saturated carbocycles. The number of halogens is 2. The van der Waals surface area contributed by atoms with Gasteiger partial charge in [0.2, 0.25) is 5.91 Å². The van der Waals surface area contributed by atoms with Gasteiger partial charge in [0.25, 0.3) is 0 Å². The number of amides is 1. The minimum atomic E-state index is -1.10. The van der Waals surface area contributed by atoms with Crippen molar-refractivity contribution in [1.82, 2.24) is 14.8 Å². The third-order valence-electron chi connectivity index (χ3n) is 5.72. The molecule has 29 heavy (non-hydrogen) atoms. The van der Waals surface area contributed by atoms with Crippen LogP contribution in [0.4, 0.5) is 10.1 Å². The lowest BCUT2D eigenvalue weighted by Crippen LogP contribution is -2.46. The minimum Gasteiger partial charge on any atom is -0.382 e. The van der Waals surface area contributed by atoms with Crippen LogP contribution in [0.25, 0.3) is 10.9 Å². The number of hydrogen-bond donors (Lipinski definition) is 1. The van der Waals surface area contributed by atoms with Gasteiger partial charge >= 0.3 is 0 Å². The molecule has 2 atom stereocenters. The number of piperidine rings is 1. The monoisotopic (exact) mass is 415 g/mol. The Hall–Kier alpha value is -2.43. The fraction of sp³-hybridized carbons (Fsp3) is 0.476. The molecule has 1 unspecified atom stereocenters. The predicted octanol–water partition coefficient (Wildman–Crippen LogP) is 3.23. The number of hydrogen-bond acceptors (Lipinski definition) is 5. The van der Waals surface area contributed by atoms with Crippen LogP contribution in [0.2, 0.25) is 5.02 Å². The highest BCUT2D eigenvalue weighted by atomic mass is 35.5. The quantitative estimate of drug-likeness (QED) is 0.830. The first-order chi connectivity index (χ1) is 14.0. The molecule has 2 aromatic rings. The van der Waals surface area contributed by atoms with E-state index in [1.165, 1.54) is 4.90 Å². The summed E-state index contributed by atoms with van der Waals surface area (Å²) in [5.41, 5.74) is 1.90. The molecule has 1 aromatic carbocycles. The van der Waals surface area contributed by atoms with Crippen molar-refractivity contribution in [2.75, 3.05) is 31.5 Å². The first-order valence-corrected chi connectivity index (χ1v) is 10.3. The summed E-state index contributed by atoms with van der Waals surface area (Å²) in [4.78, 5) is 20.4. The second-order valence-electron chi connectivity index (χ2n) is 7.74. The Morgan fingerprint density at radius 2 is 2.17 bits per heavy atom. The number of fused-ring (bicyclic) bond motifs is 1. The molecule has 6 nitrogen and oxygen atoms in total. The van der Waals surface area contributed by atoms with Crippen LogP contribution >= 0.6 is 11.6 Å². The summed E-state index contributed by atoms with van der Waals surface area (Å²) in [6, 6.07) is 9.57. The molecule has 8 heteroatoms. The summed E-state index contributed by atoms with van der Waals surface area (Å²) in [7, 11) is 0.